The molecule has 0 N–H and O–H groups in total. The third-order valence-electron chi connectivity index (χ3n) is 1.15. The summed E-state index contributed by atoms with van der Waals surface area (Å²) in [6.45, 7) is 9.62. The van der Waals surface area contributed by atoms with E-state index in [1.807, 2.05) is 0 Å². The molecule has 0 aliphatic rings. The molecule has 0 spiro atoms. The summed E-state index contributed by atoms with van der Waals surface area (Å²) in [5.74, 6) is 0. The predicted octanol–water partition coefficient (Wildman–Crippen LogP) is 2.38. The van der Waals surface area contributed by atoms with Crippen molar-refractivity contribution in [2.45, 2.75) is 26.7 Å². The maximum absolute atomic E-state index is 5.24. The average Bonchev–Trinajstić information content (AvgIpc) is 1.89. The van der Waals surface area contributed by atoms with Crippen LogP contribution < -0.4 is 0 Å². The lowest BCUT2D eigenvalue weighted by Crippen LogP contribution is -1.96. The first-order valence-corrected chi connectivity index (χ1v) is 3.55. The summed E-state index contributed by atoms with van der Waals surface area (Å²) in [6.07, 6.45) is 2.13. The smallest absolute Gasteiger partial charge is 0.0674 e. The molecule has 1 heteroatoms. The van der Waals surface area contributed by atoms with E-state index < -0.39 is 0 Å². The molecular weight excluding hydrogens is 112 g/mol. The normalized spacial score (nSPS) is 9.56. The number of rotatable bonds is 5. The molecule has 0 saturated carbocycles. The van der Waals surface area contributed by atoms with Crippen LogP contribution in [0.3, 0.4) is 0 Å². The van der Waals surface area contributed by atoms with E-state index in [0.717, 1.165) is 26.1 Å². The van der Waals surface area contributed by atoms with Crippen LogP contribution in [-0.2, 0) is 4.74 Å². The van der Waals surface area contributed by atoms with Crippen LogP contribution in [0, 0.1) is 0 Å². The van der Waals surface area contributed by atoms with Crippen molar-refractivity contribution in [3.8, 4) is 0 Å². The number of hydrogen-bond acceptors (Lipinski definition) is 1. The average molecular weight is 128 g/mol. The van der Waals surface area contributed by atoms with Gasteiger partial charge in [-0.05, 0) is 12.8 Å². The zero-order valence-electron chi connectivity index (χ0n) is 6.44. The molecule has 0 bridgehead atoms. The molecule has 0 saturated heterocycles. The summed E-state index contributed by atoms with van der Waals surface area (Å²) in [5, 5.41) is 0. The van der Waals surface area contributed by atoms with Gasteiger partial charge in [0, 0.05) is 6.61 Å². The van der Waals surface area contributed by atoms with E-state index in [1.54, 1.807) is 0 Å². The van der Waals surface area contributed by atoms with Gasteiger partial charge in [-0.25, -0.2) is 0 Å². The first-order chi connectivity index (χ1) is 4.31. The second-order valence-corrected chi connectivity index (χ2v) is 2.16. The maximum Gasteiger partial charge on any atom is 0.0674 e. The van der Waals surface area contributed by atoms with Gasteiger partial charge in [0.15, 0.2) is 0 Å². The fourth-order valence-electron chi connectivity index (χ4n) is 0.463. The molecule has 0 unspecified atom stereocenters. The Morgan fingerprint density at radius 1 is 1.44 bits per heavy atom. The van der Waals surface area contributed by atoms with Gasteiger partial charge in [0.2, 0.25) is 0 Å². The summed E-state index contributed by atoms with van der Waals surface area (Å²) < 4.78 is 5.24. The number of ether oxygens (including phenoxy) is 1. The Hall–Kier alpha value is -0.300. The van der Waals surface area contributed by atoms with Crippen LogP contribution in [0.25, 0.3) is 0 Å². The Bertz CT molecular complexity index is 76.6. The van der Waals surface area contributed by atoms with Crippen molar-refractivity contribution in [1.82, 2.24) is 0 Å². The number of hydrogen-bond donors (Lipinski definition) is 0. The topological polar surface area (TPSA) is 9.23 Å². The van der Waals surface area contributed by atoms with Gasteiger partial charge in [-0.3, -0.25) is 0 Å². The summed E-state index contributed by atoms with van der Waals surface area (Å²) in [7, 11) is 0. The van der Waals surface area contributed by atoms with Crippen molar-refractivity contribution in [2.75, 3.05) is 13.2 Å². The van der Waals surface area contributed by atoms with Crippen molar-refractivity contribution in [2.24, 2.45) is 0 Å². The summed E-state index contributed by atoms with van der Waals surface area (Å²) >= 11 is 0. The minimum absolute atomic E-state index is 0.740. The van der Waals surface area contributed by atoms with Crippen molar-refractivity contribution in [3.05, 3.63) is 12.2 Å². The minimum atomic E-state index is 0.740. The molecule has 54 valence electrons. The van der Waals surface area contributed by atoms with Crippen molar-refractivity contribution < 1.29 is 4.74 Å². The van der Waals surface area contributed by atoms with Gasteiger partial charge >= 0.3 is 0 Å². The zero-order valence-corrected chi connectivity index (χ0v) is 6.44. The summed E-state index contributed by atoms with van der Waals surface area (Å²) in [6, 6.07) is 0. The highest BCUT2D eigenvalue weighted by Gasteiger charge is 1.87. The molecule has 0 fully saturated rings. The highest BCUT2D eigenvalue weighted by atomic mass is 16.5. The second kappa shape index (κ2) is 5.83. The van der Waals surface area contributed by atoms with E-state index in [1.165, 1.54) is 5.57 Å². The molecule has 1 nitrogen and oxygen atoms in total. The molecule has 9 heavy (non-hydrogen) atoms. The van der Waals surface area contributed by atoms with Gasteiger partial charge in [-0.15, -0.1) is 0 Å². The van der Waals surface area contributed by atoms with E-state index >= 15 is 0 Å². The lowest BCUT2D eigenvalue weighted by molar-refractivity contribution is 0.155. The van der Waals surface area contributed by atoms with Crippen LogP contribution in [0.2, 0.25) is 0 Å². The quantitative estimate of drug-likeness (QED) is 0.408. The summed E-state index contributed by atoms with van der Waals surface area (Å²) in [4.78, 5) is 0. The molecule has 0 rings (SSSR count). The predicted molar refractivity (Wildman–Crippen MR) is 40.5 cm³/mol. The molecule has 0 radical (unpaired) electrons. The van der Waals surface area contributed by atoms with Crippen LogP contribution in [0.4, 0.5) is 0 Å². The Balaban J connectivity index is 2.97. The largest absolute Gasteiger partial charge is 0.377 e. The molecule has 0 atom stereocenters. The fraction of sp³-hybridized carbons (Fsp3) is 0.750. The molecule has 0 aliphatic heterocycles. The van der Waals surface area contributed by atoms with Crippen LogP contribution in [0.5, 0.6) is 0 Å². The van der Waals surface area contributed by atoms with Crippen molar-refractivity contribution >= 4 is 0 Å². The van der Waals surface area contributed by atoms with Crippen molar-refractivity contribution in [1.29, 1.82) is 0 Å². The zero-order chi connectivity index (χ0) is 7.11. The van der Waals surface area contributed by atoms with Crippen LogP contribution in [-0.4, -0.2) is 13.2 Å². The lowest BCUT2D eigenvalue weighted by atomic mass is 10.2. The van der Waals surface area contributed by atoms with Crippen molar-refractivity contribution in [3.63, 3.8) is 0 Å². The highest BCUT2D eigenvalue weighted by molar-refractivity contribution is 4.91. The third kappa shape index (κ3) is 5.57. The Kier molecular flexibility index (Phi) is 5.64. The minimum Gasteiger partial charge on any atom is -0.377 e. The maximum atomic E-state index is 5.24. The highest BCUT2D eigenvalue weighted by Crippen LogP contribution is 1.96. The van der Waals surface area contributed by atoms with Crippen LogP contribution in [0.1, 0.15) is 26.7 Å². The molecule has 0 heterocycles. The Morgan fingerprint density at radius 2 is 2.11 bits per heavy atom. The van der Waals surface area contributed by atoms with Gasteiger partial charge in [0.05, 0.1) is 6.61 Å². The van der Waals surface area contributed by atoms with Gasteiger partial charge < -0.3 is 4.74 Å². The van der Waals surface area contributed by atoms with E-state index in [2.05, 4.69) is 20.4 Å². The van der Waals surface area contributed by atoms with Gasteiger partial charge in [-0.1, -0.05) is 26.0 Å². The van der Waals surface area contributed by atoms with E-state index in [4.69, 9.17) is 4.74 Å². The van der Waals surface area contributed by atoms with E-state index in [0.29, 0.717) is 0 Å². The second-order valence-electron chi connectivity index (χ2n) is 2.16. The fourth-order valence-corrected chi connectivity index (χ4v) is 0.463. The molecule has 0 aromatic heterocycles. The van der Waals surface area contributed by atoms with Gasteiger partial charge in [0.25, 0.3) is 0 Å². The summed E-state index contributed by atoms with van der Waals surface area (Å²) in [5.41, 5.74) is 1.18. The first kappa shape index (κ1) is 8.70. The van der Waals surface area contributed by atoms with Crippen LogP contribution in [0.15, 0.2) is 12.2 Å². The third-order valence-corrected chi connectivity index (χ3v) is 1.15. The standard InChI is InChI=1S/C8H16O/c1-4-6-9-7-8(3)5-2/h3-7H2,1-2H3. The Morgan fingerprint density at radius 3 is 2.56 bits per heavy atom. The monoisotopic (exact) mass is 128 g/mol. The molecule has 0 aromatic carbocycles. The van der Waals surface area contributed by atoms with E-state index in [9.17, 15) is 0 Å². The first-order valence-electron chi connectivity index (χ1n) is 3.55. The molecule has 0 aliphatic carbocycles. The van der Waals surface area contributed by atoms with E-state index in [-0.39, 0.29) is 0 Å². The SMILES string of the molecule is C=C(CC)COCCC. The van der Waals surface area contributed by atoms with Gasteiger partial charge in [0.1, 0.15) is 0 Å². The Labute approximate surface area is 57.7 Å². The molecular formula is C8H16O. The van der Waals surface area contributed by atoms with Gasteiger partial charge in [-0.2, -0.15) is 0 Å². The van der Waals surface area contributed by atoms with Crippen LogP contribution >= 0.6 is 0 Å². The molecule has 0 amide bonds. The molecule has 0 aromatic rings. The lowest BCUT2D eigenvalue weighted by Gasteiger charge is -2.01.